The minimum Gasteiger partial charge on any atom is -0.378 e. The molecule has 2 unspecified atom stereocenters. The molecule has 0 bridgehead atoms. The van der Waals surface area contributed by atoms with E-state index < -0.39 is 0 Å². The second-order valence-electron chi connectivity index (χ2n) is 5.07. The lowest BCUT2D eigenvalue weighted by molar-refractivity contribution is 0.101. The van der Waals surface area contributed by atoms with Gasteiger partial charge in [0.15, 0.2) is 0 Å². The molecule has 2 nitrogen and oxygen atoms in total. The predicted molar refractivity (Wildman–Crippen MR) is 81.1 cm³/mol. The van der Waals surface area contributed by atoms with Crippen LogP contribution in [0.3, 0.4) is 0 Å². The van der Waals surface area contributed by atoms with Crippen LogP contribution < -0.4 is 5.32 Å². The molecule has 1 fully saturated rings. The first-order valence-corrected chi connectivity index (χ1v) is 7.70. The summed E-state index contributed by atoms with van der Waals surface area (Å²) >= 11 is 12.3. The van der Waals surface area contributed by atoms with E-state index in [1.165, 1.54) is 12.8 Å². The van der Waals surface area contributed by atoms with Gasteiger partial charge in [-0.2, -0.15) is 0 Å². The average molecular weight is 302 g/mol. The van der Waals surface area contributed by atoms with E-state index in [1.54, 1.807) is 0 Å². The van der Waals surface area contributed by atoms with Crippen LogP contribution in [0.2, 0.25) is 10.0 Å². The van der Waals surface area contributed by atoms with Gasteiger partial charge in [-0.1, -0.05) is 23.2 Å². The summed E-state index contributed by atoms with van der Waals surface area (Å²) in [5.41, 5.74) is 1.09. The molecule has 0 aliphatic carbocycles. The number of hydrogen-bond donors (Lipinski definition) is 1. The molecule has 1 N–H and O–H groups in total. The Morgan fingerprint density at radius 2 is 2.26 bits per heavy atom. The van der Waals surface area contributed by atoms with Gasteiger partial charge in [0.25, 0.3) is 0 Å². The van der Waals surface area contributed by atoms with Crippen LogP contribution in [-0.4, -0.2) is 19.8 Å². The standard InChI is InChI=1S/C15H21Cl2NO/c1-18-15(6-2-4-12-5-3-9-19-12)13-10-11(16)7-8-14(13)17/h7-8,10,12,15,18H,2-6,9H2,1H3. The molecule has 19 heavy (non-hydrogen) atoms. The van der Waals surface area contributed by atoms with Crippen molar-refractivity contribution in [3.8, 4) is 0 Å². The van der Waals surface area contributed by atoms with Gasteiger partial charge < -0.3 is 10.1 Å². The van der Waals surface area contributed by atoms with Crippen molar-refractivity contribution in [3.05, 3.63) is 33.8 Å². The largest absolute Gasteiger partial charge is 0.378 e. The Bertz CT molecular complexity index is 405. The quantitative estimate of drug-likeness (QED) is 0.829. The average Bonchev–Trinajstić information content (AvgIpc) is 2.91. The van der Waals surface area contributed by atoms with E-state index >= 15 is 0 Å². The van der Waals surface area contributed by atoms with Crippen molar-refractivity contribution in [2.24, 2.45) is 0 Å². The fourth-order valence-electron chi connectivity index (χ4n) is 2.66. The second kappa shape index (κ2) is 7.49. The van der Waals surface area contributed by atoms with E-state index in [9.17, 15) is 0 Å². The lowest BCUT2D eigenvalue weighted by Gasteiger charge is -2.19. The van der Waals surface area contributed by atoms with Gasteiger partial charge in [-0.05, 0) is 62.9 Å². The van der Waals surface area contributed by atoms with Crippen molar-refractivity contribution < 1.29 is 4.74 Å². The molecule has 1 aliphatic heterocycles. The fraction of sp³-hybridized carbons (Fsp3) is 0.600. The number of ether oxygens (including phenoxy) is 1. The summed E-state index contributed by atoms with van der Waals surface area (Å²) in [5, 5.41) is 4.84. The summed E-state index contributed by atoms with van der Waals surface area (Å²) in [4.78, 5) is 0. The zero-order valence-corrected chi connectivity index (χ0v) is 12.8. The fourth-order valence-corrected chi connectivity index (χ4v) is 3.09. The third kappa shape index (κ3) is 4.35. The molecule has 1 saturated heterocycles. The van der Waals surface area contributed by atoms with Gasteiger partial charge in [0.1, 0.15) is 0 Å². The second-order valence-corrected chi connectivity index (χ2v) is 5.92. The maximum atomic E-state index is 6.25. The van der Waals surface area contributed by atoms with Crippen LogP contribution in [0.1, 0.15) is 43.7 Å². The van der Waals surface area contributed by atoms with Crippen LogP contribution >= 0.6 is 23.2 Å². The van der Waals surface area contributed by atoms with Crippen molar-refractivity contribution in [1.82, 2.24) is 5.32 Å². The van der Waals surface area contributed by atoms with E-state index in [4.69, 9.17) is 27.9 Å². The van der Waals surface area contributed by atoms with Gasteiger partial charge in [0, 0.05) is 22.7 Å². The Hall–Kier alpha value is -0.280. The Balaban J connectivity index is 1.89. The van der Waals surface area contributed by atoms with E-state index in [0.29, 0.717) is 6.10 Å². The van der Waals surface area contributed by atoms with Gasteiger partial charge in [0.05, 0.1) is 6.10 Å². The normalized spacial score (nSPS) is 20.7. The first-order valence-electron chi connectivity index (χ1n) is 6.94. The minimum absolute atomic E-state index is 0.257. The molecule has 1 aliphatic rings. The molecule has 0 aromatic heterocycles. The minimum atomic E-state index is 0.257. The highest BCUT2D eigenvalue weighted by Crippen LogP contribution is 2.30. The molecule has 4 heteroatoms. The maximum absolute atomic E-state index is 6.25. The van der Waals surface area contributed by atoms with Crippen LogP contribution in [0, 0.1) is 0 Å². The van der Waals surface area contributed by atoms with Gasteiger partial charge in [-0.25, -0.2) is 0 Å². The zero-order chi connectivity index (χ0) is 13.7. The smallest absolute Gasteiger partial charge is 0.0576 e. The van der Waals surface area contributed by atoms with Gasteiger partial charge in [-0.3, -0.25) is 0 Å². The van der Waals surface area contributed by atoms with Crippen LogP contribution in [0.25, 0.3) is 0 Å². The maximum Gasteiger partial charge on any atom is 0.0576 e. The molecule has 1 aromatic carbocycles. The van der Waals surface area contributed by atoms with Gasteiger partial charge >= 0.3 is 0 Å². The van der Waals surface area contributed by atoms with Crippen LogP contribution in [0.5, 0.6) is 0 Å². The third-order valence-corrected chi connectivity index (χ3v) is 4.30. The summed E-state index contributed by atoms with van der Waals surface area (Å²) in [6.45, 7) is 0.931. The van der Waals surface area contributed by atoms with E-state index in [0.717, 1.165) is 41.5 Å². The molecule has 0 saturated carbocycles. The lowest BCUT2D eigenvalue weighted by atomic mass is 9.99. The summed E-state index contributed by atoms with van der Waals surface area (Å²) in [6, 6.07) is 5.90. The summed E-state index contributed by atoms with van der Waals surface area (Å²) < 4.78 is 5.65. The van der Waals surface area contributed by atoms with Crippen LogP contribution in [-0.2, 0) is 4.74 Å². The number of halogens is 2. The molecular formula is C15H21Cl2NO. The monoisotopic (exact) mass is 301 g/mol. The molecule has 0 spiro atoms. The number of rotatable bonds is 6. The highest BCUT2D eigenvalue weighted by Gasteiger charge is 2.17. The molecule has 2 rings (SSSR count). The molecule has 1 aromatic rings. The van der Waals surface area contributed by atoms with Crippen molar-refractivity contribution in [2.75, 3.05) is 13.7 Å². The van der Waals surface area contributed by atoms with E-state index in [1.807, 2.05) is 25.2 Å². The van der Waals surface area contributed by atoms with E-state index in [2.05, 4.69) is 5.32 Å². The Morgan fingerprint density at radius 3 is 2.95 bits per heavy atom. The summed E-state index contributed by atoms with van der Waals surface area (Å²) in [5.74, 6) is 0. The molecule has 0 amide bonds. The molecule has 106 valence electrons. The highest BCUT2D eigenvalue weighted by atomic mass is 35.5. The highest BCUT2D eigenvalue weighted by molar-refractivity contribution is 6.33. The lowest BCUT2D eigenvalue weighted by Crippen LogP contribution is -2.17. The predicted octanol–water partition coefficient (Wildman–Crippen LogP) is 4.60. The number of benzene rings is 1. The first kappa shape index (κ1) is 15.1. The van der Waals surface area contributed by atoms with Crippen molar-refractivity contribution >= 4 is 23.2 Å². The van der Waals surface area contributed by atoms with Crippen molar-refractivity contribution in [3.63, 3.8) is 0 Å². The van der Waals surface area contributed by atoms with Gasteiger partial charge in [0.2, 0.25) is 0 Å². The Labute approximate surface area is 125 Å². The molecular weight excluding hydrogens is 281 g/mol. The Morgan fingerprint density at radius 1 is 1.42 bits per heavy atom. The molecule has 1 heterocycles. The zero-order valence-electron chi connectivity index (χ0n) is 11.3. The Kier molecular flexibility index (Phi) is 5.96. The molecule has 2 atom stereocenters. The van der Waals surface area contributed by atoms with Crippen molar-refractivity contribution in [2.45, 2.75) is 44.2 Å². The van der Waals surface area contributed by atoms with Crippen LogP contribution in [0.4, 0.5) is 0 Å². The molecule has 0 radical (unpaired) electrons. The number of hydrogen-bond acceptors (Lipinski definition) is 2. The SMILES string of the molecule is CNC(CCCC1CCCO1)c1cc(Cl)ccc1Cl. The summed E-state index contributed by atoms with van der Waals surface area (Å²) in [7, 11) is 1.97. The number of nitrogens with one attached hydrogen (secondary N) is 1. The van der Waals surface area contributed by atoms with Crippen molar-refractivity contribution in [1.29, 1.82) is 0 Å². The third-order valence-electron chi connectivity index (χ3n) is 3.72. The van der Waals surface area contributed by atoms with Crippen LogP contribution in [0.15, 0.2) is 18.2 Å². The summed E-state index contributed by atoms with van der Waals surface area (Å²) in [6.07, 6.45) is 6.21. The van der Waals surface area contributed by atoms with E-state index in [-0.39, 0.29) is 6.04 Å². The van der Waals surface area contributed by atoms with Gasteiger partial charge in [-0.15, -0.1) is 0 Å². The topological polar surface area (TPSA) is 21.3 Å². The first-order chi connectivity index (χ1) is 9.20.